The van der Waals surface area contributed by atoms with E-state index in [1.54, 1.807) is 0 Å². The summed E-state index contributed by atoms with van der Waals surface area (Å²) in [6.07, 6.45) is -9.49. The van der Waals surface area contributed by atoms with Crippen LogP contribution in [0.25, 0.3) is 0 Å². The monoisotopic (exact) mass is 385 g/mol. The Balaban J connectivity index is 2.14. The Bertz CT molecular complexity index is 719. The number of nitrogens with zero attached hydrogens (tertiary/aromatic N) is 2. The van der Waals surface area contributed by atoms with E-state index in [2.05, 4.69) is 10.3 Å². The quantitative estimate of drug-likeness (QED) is 0.767. The van der Waals surface area contributed by atoms with Crippen molar-refractivity contribution in [3.63, 3.8) is 0 Å². The van der Waals surface area contributed by atoms with Gasteiger partial charge in [-0.15, -0.1) is 0 Å². The molecule has 12 heteroatoms. The van der Waals surface area contributed by atoms with Gasteiger partial charge in [-0.25, -0.2) is 9.78 Å². The van der Waals surface area contributed by atoms with Crippen molar-refractivity contribution in [3.05, 3.63) is 23.5 Å². The molecule has 0 aromatic carbocycles. The first-order chi connectivity index (χ1) is 11.8. The molecule has 1 aliphatic heterocycles. The molecule has 2 amide bonds. The van der Waals surface area contributed by atoms with Crippen molar-refractivity contribution in [2.75, 3.05) is 18.4 Å². The lowest BCUT2D eigenvalue weighted by atomic mass is 9.96. The topological polar surface area (TPSA) is 82.5 Å². The Morgan fingerprint density at radius 1 is 1.19 bits per heavy atom. The Morgan fingerprint density at radius 2 is 1.81 bits per heavy atom. The van der Waals surface area contributed by atoms with Crippen molar-refractivity contribution in [1.29, 1.82) is 0 Å². The number of carbonyl (C=O) groups excluding carboxylic acids is 1. The van der Waals surface area contributed by atoms with Gasteiger partial charge in [0.05, 0.1) is 23.2 Å². The number of halogens is 6. The molecule has 1 aromatic heterocycles. The molecular formula is C14H13F6N3O3. The number of likely N-dealkylation sites (tertiary alicyclic amines) is 1. The van der Waals surface area contributed by atoms with Crippen LogP contribution in [0.4, 0.5) is 36.8 Å². The molecule has 1 saturated heterocycles. The number of amides is 2. The molecule has 2 rings (SSSR count). The predicted octanol–water partition coefficient (Wildman–Crippen LogP) is 3.14. The minimum absolute atomic E-state index is 0.120. The number of urea groups is 1. The van der Waals surface area contributed by atoms with E-state index in [-0.39, 0.29) is 11.4 Å². The van der Waals surface area contributed by atoms with Crippen molar-refractivity contribution < 1.29 is 41.0 Å². The number of nitrogens with one attached hydrogen (secondary N) is 1. The molecule has 0 unspecified atom stereocenters. The smallest absolute Gasteiger partial charge is 0.433 e. The van der Waals surface area contributed by atoms with Gasteiger partial charge in [0.1, 0.15) is 5.69 Å². The van der Waals surface area contributed by atoms with Crippen LogP contribution >= 0.6 is 0 Å². The number of carbonyl (C=O) groups is 2. The molecule has 2 heterocycles. The summed E-state index contributed by atoms with van der Waals surface area (Å²) in [5.41, 5.74) is -1.49. The number of aryl methyl sites for hydroxylation is 1. The summed E-state index contributed by atoms with van der Waals surface area (Å²) in [4.78, 5) is 27.0. The minimum atomic E-state index is -4.80. The molecule has 0 radical (unpaired) electrons. The number of hydrogen-bond acceptors (Lipinski definition) is 3. The highest BCUT2D eigenvalue weighted by Crippen LogP contribution is 2.38. The maximum Gasteiger partial charge on any atom is 0.433 e. The zero-order chi connectivity index (χ0) is 19.9. The van der Waals surface area contributed by atoms with Gasteiger partial charge < -0.3 is 15.3 Å². The van der Waals surface area contributed by atoms with Crippen LogP contribution in [0, 0.1) is 18.8 Å². The van der Waals surface area contributed by atoms with Crippen LogP contribution in [0.3, 0.4) is 0 Å². The van der Waals surface area contributed by atoms with Crippen LogP contribution in [0.1, 0.15) is 11.4 Å². The van der Waals surface area contributed by atoms with E-state index in [0.29, 0.717) is 11.0 Å². The molecule has 6 nitrogen and oxygen atoms in total. The van der Waals surface area contributed by atoms with E-state index < -0.39 is 55.0 Å². The van der Waals surface area contributed by atoms with Gasteiger partial charge in [-0.2, -0.15) is 26.3 Å². The molecule has 0 saturated carbocycles. The van der Waals surface area contributed by atoms with Gasteiger partial charge in [-0.05, 0) is 19.1 Å². The lowest BCUT2D eigenvalue weighted by Crippen LogP contribution is -2.35. The predicted molar refractivity (Wildman–Crippen MR) is 75.2 cm³/mol. The highest BCUT2D eigenvalue weighted by molar-refractivity contribution is 5.90. The van der Waals surface area contributed by atoms with Gasteiger partial charge in [-0.3, -0.25) is 4.79 Å². The maximum atomic E-state index is 12.9. The van der Waals surface area contributed by atoms with Gasteiger partial charge in [0.15, 0.2) is 0 Å². The first kappa shape index (κ1) is 19.8. The first-order valence-electron chi connectivity index (χ1n) is 7.21. The number of hydrogen-bond donors (Lipinski definition) is 2. The van der Waals surface area contributed by atoms with Gasteiger partial charge in [-0.1, -0.05) is 0 Å². The van der Waals surface area contributed by atoms with E-state index in [4.69, 9.17) is 5.11 Å². The SMILES string of the molecule is Cc1nc(C(F)(F)F)ccc1NC(=O)N1C[C@@H](C(F)(F)F)[C@H](C(=O)O)C1. The fourth-order valence-electron chi connectivity index (χ4n) is 2.60. The second-order valence-corrected chi connectivity index (χ2v) is 5.76. The molecule has 1 aromatic rings. The number of carboxylic acids is 1. The third-order valence-electron chi connectivity index (χ3n) is 3.96. The number of carboxylic acid groups (broad SMARTS) is 1. The summed E-state index contributed by atoms with van der Waals surface area (Å²) in [5.74, 6) is -5.72. The average Bonchev–Trinajstić information content (AvgIpc) is 2.94. The lowest BCUT2D eigenvalue weighted by molar-refractivity contribution is -0.187. The molecule has 1 aliphatic rings. The van der Waals surface area contributed by atoms with E-state index >= 15 is 0 Å². The lowest BCUT2D eigenvalue weighted by Gasteiger charge is -2.19. The molecule has 26 heavy (non-hydrogen) atoms. The third kappa shape index (κ3) is 4.17. The van der Waals surface area contributed by atoms with Gasteiger partial charge >= 0.3 is 24.4 Å². The highest BCUT2D eigenvalue weighted by atomic mass is 19.4. The van der Waals surface area contributed by atoms with Crippen molar-refractivity contribution in [2.24, 2.45) is 11.8 Å². The molecule has 1 fully saturated rings. The summed E-state index contributed by atoms with van der Waals surface area (Å²) in [6.45, 7) is -0.342. The Morgan fingerprint density at radius 3 is 2.23 bits per heavy atom. The summed E-state index contributed by atoms with van der Waals surface area (Å²) in [6, 6.07) is 0.493. The Labute approximate surface area is 142 Å². The van der Waals surface area contributed by atoms with Crippen LogP contribution in [0.2, 0.25) is 0 Å². The number of anilines is 1. The Kier molecular flexibility index (Phi) is 5.06. The van der Waals surface area contributed by atoms with E-state index in [1.807, 2.05) is 0 Å². The number of aromatic nitrogens is 1. The number of alkyl halides is 6. The molecule has 0 spiro atoms. The Hall–Kier alpha value is -2.53. The fourth-order valence-corrected chi connectivity index (χ4v) is 2.60. The molecule has 144 valence electrons. The summed E-state index contributed by atoms with van der Waals surface area (Å²) >= 11 is 0. The van der Waals surface area contributed by atoms with Gasteiger partial charge in [0.25, 0.3) is 0 Å². The van der Waals surface area contributed by atoms with Crippen molar-refractivity contribution >= 4 is 17.7 Å². The number of pyridine rings is 1. The van der Waals surface area contributed by atoms with Crippen molar-refractivity contribution in [2.45, 2.75) is 19.3 Å². The second kappa shape index (κ2) is 6.65. The molecule has 2 N–H and O–H groups in total. The van der Waals surface area contributed by atoms with Crippen LogP contribution < -0.4 is 5.32 Å². The fraction of sp³-hybridized carbons (Fsp3) is 0.500. The van der Waals surface area contributed by atoms with Crippen LogP contribution in [0.5, 0.6) is 0 Å². The largest absolute Gasteiger partial charge is 0.481 e. The maximum absolute atomic E-state index is 12.9. The second-order valence-electron chi connectivity index (χ2n) is 5.76. The van der Waals surface area contributed by atoms with Gasteiger partial charge in [0, 0.05) is 13.1 Å². The molecule has 2 atom stereocenters. The van der Waals surface area contributed by atoms with Gasteiger partial charge in [0.2, 0.25) is 0 Å². The normalized spacial score (nSPS) is 21.0. The summed E-state index contributed by atoms with van der Waals surface area (Å²) < 4.78 is 76.4. The molecule has 0 aliphatic carbocycles. The van der Waals surface area contributed by atoms with Crippen LogP contribution in [-0.2, 0) is 11.0 Å². The molecule has 0 bridgehead atoms. The van der Waals surface area contributed by atoms with E-state index in [9.17, 15) is 35.9 Å². The third-order valence-corrected chi connectivity index (χ3v) is 3.96. The van der Waals surface area contributed by atoms with E-state index in [1.165, 1.54) is 6.92 Å². The standard InChI is InChI=1S/C14H13F6N3O3/c1-6-9(2-3-10(21-6)14(18,19)20)22-12(26)23-4-7(11(24)25)8(5-23)13(15,16)17/h2-3,7-8H,4-5H2,1H3,(H,22,26)(H,24,25)/t7-,8-/m1/s1. The minimum Gasteiger partial charge on any atom is -0.481 e. The summed E-state index contributed by atoms with van der Waals surface area (Å²) in [5, 5.41) is 11.1. The first-order valence-corrected chi connectivity index (χ1v) is 7.21. The zero-order valence-corrected chi connectivity index (χ0v) is 13.1. The molecular weight excluding hydrogens is 372 g/mol. The van der Waals surface area contributed by atoms with Crippen LogP contribution in [-0.4, -0.2) is 46.3 Å². The number of aliphatic carboxylic acids is 1. The van der Waals surface area contributed by atoms with E-state index in [0.717, 1.165) is 6.07 Å². The zero-order valence-electron chi connectivity index (χ0n) is 13.1. The van der Waals surface area contributed by atoms with Crippen molar-refractivity contribution in [3.8, 4) is 0 Å². The van der Waals surface area contributed by atoms with Crippen LogP contribution in [0.15, 0.2) is 12.1 Å². The van der Waals surface area contributed by atoms with Crippen molar-refractivity contribution in [1.82, 2.24) is 9.88 Å². The summed E-state index contributed by atoms with van der Waals surface area (Å²) in [7, 11) is 0. The highest BCUT2D eigenvalue weighted by Gasteiger charge is 2.53. The average molecular weight is 385 g/mol. The number of rotatable bonds is 2.